The van der Waals surface area contributed by atoms with Gasteiger partial charge in [-0.3, -0.25) is 9.78 Å². The van der Waals surface area contributed by atoms with Crippen LogP contribution in [0.15, 0.2) is 84.2 Å². The molecule has 0 atom stereocenters. The number of carbonyl (C=O) groups is 2. The molecule has 6 heteroatoms. The topological polar surface area (TPSA) is 80.6 Å². The second-order valence-electron chi connectivity index (χ2n) is 5.26. The lowest BCUT2D eigenvalue weighted by atomic mass is 10.2. The molecule has 0 bridgehead atoms. The molecule has 1 N–H and O–H groups in total. The summed E-state index contributed by atoms with van der Waals surface area (Å²) in [6.45, 7) is 0. The number of benzene rings is 2. The van der Waals surface area contributed by atoms with Gasteiger partial charge in [0, 0.05) is 18.0 Å². The number of hydrogen-bond acceptors (Lipinski definition) is 5. The van der Waals surface area contributed by atoms with E-state index in [1.165, 1.54) is 18.6 Å². The van der Waals surface area contributed by atoms with Gasteiger partial charge in [-0.1, -0.05) is 30.3 Å². The molecule has 0 unspecified atom stereocenters. The molecule has 3 rings (SSSR count). The maximum atomic E-state index is 12.1. The average Bonchev–Trinajstić information content (AvgIpc) is 2.69. The van der Waals surface area contributed by atoms with Crippen LogP contribution in [0.1, 0.15) is 26.3 Å². The Kier molecular flexibility index (Phi) is 5.47. The van der Waals surface area contributed by atoms with E-state index in [4.69, 9.17) is 4.74 Å². The highest BCUT2D eigenvalue weighted by Gasteiger charge is 2.07. The quantitative estimate of drug-likeness (QED) is 0.333. The molecule has 3 aromatic rings. The number of nitrogens with zero attached hydrogens (tertiary/aromatic N) is 2. The van der Waals surface area contributed by atoms with Crippen molar-refractivity contribution in [2.75, 3.05) is 0 Å². The Morgan fingerprint density at radius 3 is 2.46 bits per heavy atom. The number of hydrogen-bond donors (Lipinski definition) is 1. The zero-order valence-corrected chi connectivity index (χ0v) is 13.7. The smallest absolute Gasteiger partial charge is 0.343 e. The lowest BCUT2D eigenvalue weighted by Crippen LogP contribution is -2.17. The average molecular weight is 345 g/mol. The molecule has 0 aliphatic carbocycles. The Balaban J connectivity index is 1.62. The fourth-order valence-electron chi connectivity index (χ4n) is 2.13. The van der Waals surface area contributed by atoms with Crippen LogP contribution in [0.2, 0.25) is 0 Å². The molecule has 6 nitrogen and oxygen atoms in total. The summed E-state index contributed by atoms with van der Waals surface area (Å²) in [5.41, 5.74) is 4.04. The lowest BCUT2D eigenvalue weighted by molar-refractivity contribution is 0.0734. The predicted molar refractivity (Wildman–Crippen MR) is 97.1 cm³/mol. The molecular formula is C20H15N3O3. The number of aromatic nitrogens is 1. The number of nitrogens with one attached hydrogen (secondary N) is 1. The van der Waals surface area contributed by atoms with Crippen LogP contribution in [0.3, 0.4) is 0 Å². The first-order chi connectivity index (χ1) is 12.7. The van der Waals surface area contributed by atoms with Crippen LogP contribution in [0.25, 0.3) is 0 Å². The van der Waals surface area contributed by atoms with Crippen molar-refractivity contribution in [3.8, 4) is 5.75 Å². The standard InChI is InChI=1S/C20H15N3O3/c24-19(16-9-11-21-12-10-16)23-22-14-15-5-4-8-18(13-15)26-20(25)17-6-2-1-3-7-17/h1-14H,(H,23,24)/b22-14-. The number of rotatable bonds is 5. The van der Waals surface area contributed by atoms with Crippen molar-refractivity contribution in [1.82, 2.24) is 10.4 Å². The summed E-state index contributed by atoms with van der Waals surface area (Å²) in [5, 5.41) is 3.91. The molecule has 0 radical (unpaired) electrons. The minimum Gasteiger partial charge on any atom is -0.423 e. The third-order valence-corrected chi connectivity index (χ3v) is 3.40. The molecule has 1 aromatic heterocycles. The van der Waals surface area contributed by atoms with E-state index in [2.05, 4.69) is 15.5 Å². The van der Waals surface area contributed by atoms with E-state index in [-0.39, 0.29) is 5.91 Å². The molecule has 0 saturated heterocycles. The highest BCUT2D eigenvalue weighted by Crippen LogP contribution is 2.14. The second-order valence-corrected chi connectivity index (χ2v) is 5.26. The normalized spacial score (nSPS) is 10.5. The first-order valence-corrected chi connectivity index (χ1v) is 7.83. The van der Waals surface area contributed by atoms with Crippen LogP contribution in [-0.2, 0) is 0 Å². The number of amides is 1. The van der Waals surface area contributed by atoms with E-state index in [1.54, 1.807) is 60.7 Å². The minimum absolute atomic E-state index is 0.338. The molecule has 0 saturated carbocycles. The Hall–Kier alpha value is -3.80. The van der Waals surface area contributed by atoms with Crippen molar-refractivity contribution in [2.45, 2.75) is 0 Å². The van der Waals surface area contributed by atoms with Crippen LogP contribution in [-0.4, -0.2) is 23.1 Å². The van der Waals surface area contributed by atoms with Gasteiger partial charge in [-0.05, 0) is 42.0 Å². The maximum absolute atomic E-state index is 12.1. The van der Waals surface area contributed by atoms with E-state index >= 15 is 0 Å². The zero-order chi connectivity index (χ0) is 18.2. The van der Waals surface area contributed by atoms with Crippen molar-refractivity contribution in [3.05, 3.63) is 95.8 Å². The molecule has 1 amide bonds. The van der Waals surface area contributed by atoms with Crippen molar-refractivity contribution >= 4 is 18.1 Å². The SMILES string of the molecule is O=C(N/N=C\c1cccc(OC(=O)c2ccccc2)c1)c1ccncc1. The molecule has 0 spiro atoms. The summed E-state index contributed by atoms with van der Waals surface area (Å²) in [4.78, 5) is 27.8. The van der Waals surface area contributed by atoms with Gasteiger partial charge in [0.2, 0.25) is 0 Å². The van der Waals surface area contributed by atoms with Gasteiger partial charge in [0.05, 0.1) is 11.8 Å². The second kappa shape index (κ2) is 8.34. The summed E-state index contributed by atoms with van der Waals surface area (Å²) in [7, 11) is 0. The van der Waals surface area contributed by atoms with Gasteiger partial charge < -0.3 is 4.74 Å². The van der Waals surface area contributed by atoms with E-state index in [1.807, 2.05) is 6.07 Å². The van der Waals surface area contributed by atoms with Gasteiger partial charge in [0.15, 0.2) is 0 Å². The Morgan fingerprint density at radius 2 is 1.69 bits per heavy atom. The zero-order valence-electron chi connectivity index (χ0n) is 13.7. The highest BCUT2D eigenvalue weighted by molar-refractivity contribution is 5.94. The van der Waals surface area contributed by atoms with Gasteiger partial charge in [-0.15, -0.1) is 0 Å². The predicted octanol–water partition coefficient (Wildman–Crippen LogP) is 3.06. The summed E-state index contributed by atoms with van der Waals surface area (Å²) in [5.74, 6) is -0.385. The van der Waals surface area contributed by atoms with Crippen LogP contribution in [0.5, 0.6) is 5.75 Å². The van der Waals surface area contributed by atoms with Crippen LogP contribution in [0, 0.1) is 0 Å². The number of hydrazone groups is 1. The van der Waals surface area contributed by atoms with Crippen molar-refractivity contribution < 1.29 is 14.3 Å². The molecule has 128 valence electrons. The Morgan fingerprint density at radius 1 is 0.923 bits per heavy atom. The van der Waals surface area contributed by atoms with Crippen LogP contribution in [0.4, 0.5) is 0 Å². The fourth-order valence-corrected chi connectivity index (χ4v) is 2.13. The molecule has 0 aliphatic heterocycles. The third kappa shape index (κ3) is 4.61. The maximum Gasteiger partial charge on any atom is 0.343 e. The Labute approximate surface area is 150 Å². The lowest BCUT2D eigenvalue weighted by Gasteiger charge is -2.05. The number of esters is 1. The van der Waals surface area contributed by atoms with Gasteiger partial charge in [0.1, 0.15) is 5.75 Å². The van der Waals surface area contributed by atoms with E-state index < -0.39 is 5.97 Å². The van der Waals surface area contributed by atoms with Crippen molar-refractivity contribution in [1.29, 1.82) is 0 Å². The van der Waals surface area contributed by atoms with Gasteiger partial charge in [-0.2, -0.15) is 5.10 Å². The molecule has 1 heterocycles. The Bertz CT molecular complexity index is 925. The van der Waals surface area contributed by atoms with Crippen LogP contribution >= 0.6 is 0 Å². The van der Waals surface area contributed by atoms with Crippen molar-refractivity contribution in [2.24, 2.45) is 5.10 Å². The first kappa shape index (κ1) is 17.0. The van der Waals surface area contributed by atoms with Gasteiger partial charge >= 0.3 is 5.97 Å². The number of pyridine rings is 1. The first-order valence-electron chi connectivity index (χ1n) is 7.83. The van der Waals surface area contributed by atoms with Crippen LogP contribution < -0.4 is 10.2 Å². The monoisotopic (exact) mass is 345 g/mol. The number of carbonyl (C=O) groups excluding carboxylic acids is 2. The third-order valence-electron chi connectivity index (χ3n) is 3.40. The molecule has 0 fully saturated rings. The summed E-state index contributed by atoms with van der Waals surface area (Å²) in [6.07, 6.45) is 4.53. The summed E-state index contributed by atoms with van der Waals surface area (Å²) >= 11 is 0. The number of ether oxygens (including phenoxy) is 1. The minimum atomic E-state index is -0.439. The summed E-state index contributed by atoms with van der Waals surface area (Å²) < 4.78 is 5.34. The molecular weight excluding hydrogens is 330 g/mol. The largest absolute Gasteiger partial charge is 0.423 e. The molecule has 2 aromatic carbocycles. The fraction of sp³-hybridized carbons (Fsp3) is 0. The van der Waals surface area contributed by atoms with Gasteiger partial charge in [-0.25, -0.2) is 10.2 Å². The van der Waals surface area contributed by atoms with E-state index in [0.717, 1.165) is 0 Å². The molecule has 0 aliphatic rings. The highest BCUT2D eigenvalue weighted by atomic mass is 16.5. The van der Waals surface area contributed by atoms with Gasteiger partial charge in [0.25, 0.3) is 5.91 Å². The summed E-state index contributed by atoms with van der Waals surface area (Å²) in [6, 6.07) is 18.8. The van der Waals surface area contributed by atoms with E-state index in [9.17, 15) is 9.59 Å². The van der Waals surface area contributed by atoms with Crippen molar-refractivity contribution in [3.63, 3.8) is 0 Å². The molecule has 26 heavy (non-hydrogen) atoms. The van der Waals surface area contributed by atoms with E-state index in [0.29, 0.717) is 22.4 Å².